The first-order valence-electron chi connectivity index (χ1n) is 16.2. The number of aliphatic hydroxyl groups is 1. The molecule has 1 aromatic heterocycles. The third-order valence-corrected chi connectivity index (χ3v) is 8.99. The van der Waals surface area contributed by atoms with Crippen LogP contribution < -0.4 is 16.8 Å². The number of carbonyl (C=O) groups is 4. The Morgan fingerprint density at radius 3 is 2.40 bits per heavy atom. The van der Waals surface area contributed by atoms with E-state index in [0.29, 0.717) is 18.8 Å². The second-order valence-corrected chi connectivity index (χ2v) is 14.1. The van der Waals surface area contributed by atoms with Gasteiger partial charge in [-0.25, -0.2) is 13.8 Å². The number of imidazole rings is 1. The van der Waals surface area contributed by atoms with Crippen LogP contribution in [0.1, 0.15) is 57.5 Å². The van der Waals surface area contributed by atoms with E-state index in [1.165, 1.54) is 4.90 Å². The van der Waals surface area contributed by atoms with Gasteiger partial charge in [-0.15, -0.1) is 0 Å². The van der Waals surface area contributed by atoms with Gasteiger partial charge in [0, 0.05) is 43.6 Å². The van der Waals surface area contributed by atoms with Crippen molar-refractivity contribution in [3.05, 3.63) is 77.8 Å². The maximum absolute atomic E-state index is 14.9. The number of nitrogens with one attached hydrogen (secondary N) is 1. The smallest absolute Gasteiger partial charge is 0.321 e. The van der Waals surface area contributed by atoms with Gasteiger partial charge >= 0.3 is 5.97 Å². The summed E-state index contributed by atoms with van der Waals surface area (Å²) < 4.78 is 30.9. The molecule has 2 aromatic carbocycles. The van der Waals surface area contributed by atoms with Gasteiger partial charge in [0.15, 0.2) is 0 Å². The minimum Gasteiger partial charge on any atom is -0.480 e. The summed E-state index contributed by atoms with van der Waals surface area (Å²) >= 11 is 1.13. The number of carboxylic acid groups (broad SMARTS) is 1. The van der Waals surface area contributed by atoms with Crippen molar-refractivity contribution in [2.45, 2.75) is 64.7 Å². The predicted molar refractivity (Wildman–Crippen MR) is 187 cm³/mol. The number of aliphatic carboxylic acids is 1. The molecule has 0 aliphatic heterocycles. The van der Waals surface area contributed by atoms with Crippen LogP contribution in [0.2, 0.25) is 0 Å². The van der Waals surface area contributed by atoms with Crippen LogP contribution in [0.5, 0.6) is 0 Å². The number of aliphatic hydroxyl groups excluding tert-OH is 1. The highest BCUT2D eigenvalue weighted by Crippen LogP contribution is 2.39. The van der Waals surface area contributed by atoms with Crippen LogP contribution in [-0.4, -0.2) is 91.5 Å². The van der Waals surface area contributed by atoms with E-state index in [9.17, 15) is 33.1 Å². The Bertz CT molecular complexity index is 1620. The molecule has 3 rings (SSSR count). The van der Waals surface area contributed by atoms with Crippen LogP contribution in [0, 0.1) is 17.0 Å². The number of carbonyl (C=O) groups excluding carboxylic acids is 3. The number of carboxylic acids is 1. The summed E-state index contributed by atoms with van der Waals surface area (Å²) in [6.07, 6.45) is 2.15. The topological polar surface area (TPSA) is 194 Å². The van der Waals surface area contributed by atoms with Crippen molar-refractivity contribution in [1.82, 2.24) is 19.8 Å². The van der Waals surface area contributed by atoms with Crippen molar-refractivity contribution < 1.29 is 38.2 Å². The van der Waals surface area contributed by atoms with E-state index in [1.54, 1.807) is 10.8 Å². The van der Waals surface area contributed by atoms with E-state index in [4.69, 9.17) is 21.6 Å². The van der Waals surface area contributed by atoms with Crippen molar-refractivity contribution in [3.8, 4) is 11.3 Å². The Morgan fingerprint density at radius 1 is 1.06 bits per heavy atom. The zero-order valence-electron chi connectivity index (χ0n) is 28.5. The van der Waals surface area contributed by atoms with Gasteiger partial charge < -0.3 is 36.5 Å². The van der Waals surface area contributed by atoms with Crippen molar-refractivity contribution in [1.29, 1.82) is 0 Å². The van der Waals surface area contributed by atoms with E-state index in [1.807, 2.05) is 51.1 Å². The fraction of sp³-hybridized carbons (Fsp3) is 0.457. The van der Waals surface area contributed by atoms with Gasteiger partial charge in [-0.1, -0.05) is 51.1 Å². The maximum Gasteiger partial charge on any atom is 0.321 e. The molecule has 3 atom stereocenters. The van der Waals surface area contributed by atoms with Gasteiger partial charge in [-0.2, -0.15) is 11.8 Å². The van der Waals surface area contributed by atoms with Crippen molar-refractivity contribution in [2.75, 3.05) is 31.2 Å². The van der Waals surface area contributed by atoms with E-state index < -0.39 is 59.6 Å². The minimum absolute atomic E-state index is 0.0222. The van der Waals surface area contributed by atoms with E-state index in [0.717, 1.165) is 35.5 Å². The monoisotopic (exact) mass is 716 g/mol. The molecule has 0 spiro atoms. The van der Waals surface area contributed by atoms with Gasteiger partial charge in [0.2, 0.25) is 11.8 Å². The minimum atomic E-state index is -1.14. The molecule has 50 heavy (non-hydrogen) atoms. The maximum atomic E-state index is 14.9. The summed E-state index contributed by atoms with van der Waals surface area (Å²) in [7, 11) is 0. The molecular formula is C35H46F2N6O6S. The second kappa shape index (κ2) is 18.7. The van der Waals surface area contributed by atoms with E-state index >= 15 is 0 Å². The average Bonchev–Trinajstić information content (AvgIpc) is 3.47. The predicted octanol–water partition coefficient (Wildman–Crippen LogP) is 3.11. The Labute approximate surface area is 294 Å². The first kappa shape index (κ1) is 40.3. The molecular weight excluding hydrogens is 670 g/mol. The zero-order chi connectivity index (χ0) is 37.0. The number of hydrogen-bond acceptors (Lipinski definition) is 9. The highest BCUT2D eigenvalue weighted by atomic mass is 32.2. The number of ketones is 1. The quantitative estimate of drug-likeness (QED) is 0.115. The first-order chi connectivity index (χ1) is 23.6. The number of amides is 2. The number of rotatable bonds is 19. The fourth-order valence-corrected chi connectivity index (χ4v) is 6.23. The number of nitrogens with two attached hydrogens (primary N) is 2. The third kappa shape index (κ3) is 11.7. The molecule has 0 radical (unpaired) electrons. The summed E-state index contributed by atoms with van der Waals surface area (Å²) in [6.45, 7) is 5.26. The highest BCUT2D eigenvalue weighted by molar-refractivity contribution is 8.00. The average molecular weight is 717 g/mol. The molecule has 3 aromatic rings. The molecule has 1 heterocycles. The van der Waals surface area contributed by atoms with E-state index in [-0.39, 0.29) is 54.5 Å². The lowest BCUT2D eigenvalue weighted by molar-refractivity contribution is -0.140. The van der Waals surface area contributed by atoms with Crippen molar-refractivity contribution >= 4 is 35.3 Å². The summed E-state index contributed by atoms with van der Waals surface area (Å²) in [5, 5.41) is 21.5. The third-order valence-electron chi connectivity index (χ3n) is 7.87. The molecule has 7 N–H and O–H groups in total. The Kier molecular flexibility index (Phi) is 15.1. The lowest BCUT2D eigenvalue weighted by Gasteiger charge is -2.40. The second-order valence-electron chi connectivity index (χ2n) is 13.0. The van der Waals surface area contributed by atoms with Gasteiger partial charge in [-0.3, -0.25) is 19.2 Å². The highest BCUT2D eigenvalue weighted by Gasteiger charge is 2.38. The van der Waals surface area contributed by atoms with Crippen LogP contribution in [0.25, 0.3) is 11.3 Å². The molecule has 0 unspecified atom stereocenters. The van der Waals surface area contributed by atoms with Gasteiger partial charge in [-0.05, 0) is 42.0 Å². The van der Waals surface area contributed by atoms with Crippen molar-refractivity contribution in [2.24, 2.45) is 16.9 Å². The van der Waals surface area contributed by atoms with Gasteiger partial charge in [0.1, 0.15) is 35.9 Å². The van der Waals surface area contributed by atoms with Crippen LogP contribution in [0.3, 0.4) is 0 Å². The number of nitrogens with zero attached hydrogens (tertiary/aromatic N) is 3. The number of hydrogen-bond donors (Lipinski definition) is 5. The van der Waals surface area contributed by atoms with E-state index in [2.05, 4.69) is 5.32 Å². The lowest BCUT2D eigenvalue weighted by atomic mass is 9.84. The molecule has 0 bridgehead atoms. The first-order valence-corrected chi connectivity index (χ1v) is 17.4. The molecule has 0 aliphatic rings. The van der Waals surface area contributed by atoms with Gasteiger partial charge in [0.05, 0.1) is 23.5 Å². The van der Waals surface area contributed by atoms with Crippen LogP contribution in [-0.2, 0) is 25.7 Å². The SMILES string of the molecule is CC(C)(C)[C@H](c1nc(-c2cc(F)ccc2F)cn1Cc1ccccc1)N(CC[C@H](N)C(=O)NCCCC(=O)CSC[C@H](N)C(=O)O)C(=O)CO. The Morgan fingerprint density at radius 2 is 1.76 bits per heavy atom. The number of Topliss-reactive ketones (excluding diaryl/α,β-unsaturated/α-hetero) is 1. The molecule has 12 nitrogen and oxygen atoms in total. The number of aromatic nitrogens is 2. The Balaban J connectivity index is 1.77. The summed E-state index contributed by atoms with van der Waals surface area (Å²) in [5.74, 6) is -3.08. The standard InChI is InChI=1S/C35H46F2N6O6S/c1-35(2,3)31(32-41-29(25-16-23(36)11-12-26(25)37)18-42(32)17-22-8-5-4-6-9-22)43(30(46)19-44)15-13-27(38)33(47)40-14-7-10-24(45)20-50-21-28(39)34(48)49/h4-6,8-9,11-12,16,18,27-28,31,44H,7,10,13-15,17,19-21,38-39H2,1-3H3,(H,40,47)(H,48,49)/t27-,28-,31-/m0/s1. The normalized spacial score (nSPS) is 13.4. The molecule has 0 saturated heterocycles. The molecule has 272 valence electrons. The van der Waals surface area contributed by atoms with Crippen molar-refractivity contribution in [3.63, 3.8) is 0 Å². The lowest BCUT2D eigenvalue weighted by Crippen LogP contribution is -2.47. The number of thioether (sulfide) groups is 1. The molecule has 0 fully saturated rings. The molecule has 2 amide bonds. The molecule has 15 heteroatoms. The number of benzene rings is 2. The summed E-state index contributed by atoms with van der Waals surface area (Å²) in [6, 6.07) is 9.63. The molecule has 0 saturated carbocycles. The van der Waals surface area contributed by atoms with Gasteiger partial charge in [0.25, 0.3) is 0 Å². The van der Waals surface area contributed by atoms with Crippen LogP contribution in [0.4, 0.5) is 8.78 Å². The fourth-order valence-electron chi connectivity index (χ4n) is 5.34. The van der Waals surface area contributed by atoms with Crippen LogP contribution in [0.15, 0.2) is 54.7 Å². The summed E-state index contributed by atoms with van der Waals surface area (Å²) in [5.41, 5.74) is 12.0. The Hall–Kier alpha value is -4.18. The molecule has 0 aliphatic carbocycles. The number of halogens is 2. The van der Waals surface area contributed by atoms with Crippen LogP contribution >= 0.6 is 11.8 Å². The zero-order valence-corrected chi connectivity index (χ0v) is 29.3. The summed E-state index contributed by atoms with van der Waals surface area (Å²) in [4.78, 5) is 55.2. The largest absolute Gasteiger partial charge is 0.480 e.